The molecule has 262 valence electrons. The normalized spacial score (nSPS) is 16.2. The molecule has 3 aromatic heterocycles. The molecule has 5 aromatic carbocycles. The lowest BCUT2D eigenvalue weighted by Gasteiger charge is -2.22. The van der Waals surface area contributed by atoms with Crippen molar-refractivity contribution in [2.24, 2.45) is 16.8 Å². The minimum absolute atomic E-state index is 0.170. The van der Waals surface area contributed by atoms with Gasteiger partial charge in [0.1, 0.15) is 11.2 Å². The van der Waals surface area contributed by atoms with Gasteiger partial charge in [-0.15, -0.1) is 0 Å². The summed E-state index contributed by atoms with van der Waals surface area (Å²) >= 11 is 0. The summed E-state index contributed by atoms with van der Waals surface area (Å²) in [7, 11) is 3.82. The van der Waals surface area contributed by atoms with Crippen molar-refractivity contribution >= 4 is 66.8 Å². The molecule has 0 radical (unpaired) electrons. The number of anilines is 1. The highest BCUT2D eigenvalue weighted by molar-refractivity contribution is 6.12. The fourth-order valence-corrected chi connectivity index (χ4v) is 8.02. The van der Waals surface area contributed by atoms with Crippen LogP contribution in [0.5, 0.6) is 0 Å². The number of para-hydroxylation sites is 2. The number of aliphatic imine (C=N–C) groups is 1. The van der Waals surface area contributed by atoms with Gasteiger partial charge < -0.3 is 9.73 Å². The number of benzene rings is 5. The van der Waals surface area contributed by atoms with Crippen LogP contribution in [0.1, 0.15) is 29.2 Å². The van der Waals surface area contributed by atoms with E-state index in [2.05, 4.69) is 150 Å². The summed E-state index contributed by atoms with van der Waals surface area (Å²) in [5.41, 5.74) is 14.0. The molecule has 0 aliphatic heterocycles. The minimum Gasteiger partial charge on any atom is -0.455 e. The monoisotopic (exact) mass is 700 g/mol. The summed E-state index contributed by atoms with van der Waals surface area (Å²) in [5.74, 6) is 0.488. The number of hydrogen-bond acceptors (Lipinski definition) is 5. The predicted octanol–water partition coefficient (Wildman–Crippen LogP) is 12.0. The van der Waals surface area contributed by atoms with Gasteiger partial charge in [0.2, 0.25) is 0 Å². The first-order valence-electron chi connectivity index (χ1n) is 18.6. The number of aromatic nitrogens is 2. The summed E-state index contributed by atoms with van der Waals surface area (Å²) in [4.78, 5) is 13.9. The average molecular weight is 701 g/mol. The van der Waals surface area contributed by atoms with Crippen LogP contribution in [0, 0.1) is 11.8 Å². The van der Waals surface area contributed by atoms with Crippen LogP contribution >= 0.6 is 0 Å². The molecule has 0 fully saturated rings. The van der Waals surface area contributed by atoms with Crippen LogP contribution in [-0.2, 0) is 6.42 Å². The molecule has 0 saturated carbocycles. The lowest BCUT2D eigenvalue weighted by Crippen LogP contribution is -2.10. The Labute approximate surface area is 315 Å². The van der Waals surface area contributed by atoms with Gasteiger partial charge in [0.15, 0.2) is 0 Å². The minimum atomic E-state index is 0.170. The molecule has 1 aliphatic rings. The fraction of sp³-hybridized carbons (Fsp3) is 0.122. The van der Waals surface area contributed by atoms with E-state index in [-0.39, 0.29) is 5.92 Å². The van der Waals surface area contributed by atoms with Crippen molar-refractivity contribution in [3.8, 4) is 11.1 Å². The molecule has 0 saturated heterocycles. The molecule has 8 aromatic rings. The molecule has 5 nitrogen and oxygen atoms in total. The van der Waals surface area contributed by atoms with Crippen LogP contribution in [0.15, 0.2) is 161 Å². The second kappa shape index (κ2) is 14.1. The third-order valence-corrected chi connectivity index (χ3v) is 10.7. The molecule has 0 spiro atoms. The topological polar surface area (TPSA) is 63.3 Å². The summed E-state index contributed by atoms with van der Waals surface area (Å²) in [6.07, 6.45) is 15.8. The van der Waals surface area contributed by atoms with E-state index in [4.69, 9.17) is 9.40 Å². The SMILES string of the molecule is CN=C/C(=C\C1C=C(c2ccnc3c2ccc2cccnc23)C=CC1C)c1cccc(Cc2ccc3c(oc4ccccc43)c2-c2ccccc2NC)c1. The Morgan fingerprint density at radius 1 is 0.796 bits per heavy atom. The zero-order valence-corrected chi connectivity index (χ0v) is 30.6. The molecule has 54 heavy (non-hydrogen) atoms. The first kappa shape index (κ1) is 33.3. The van der Waals surface area contributed by atoms with Gasteiger partial charge in [-0.3, -0.25) is 15.0 Å². The Kier molecular flexibility index (Phi) is 8.68. The number of pyridine rings is 2. The van der Waals surface area contributed by atoms with Gasteiger partial charge in [0.05, 0.1) is 11.0 Å². The highest BCUT2D eigenvalue weighted by Gasteiger charge is 2.21. The van der Waals surface area contributed by atoms with E-state index in [9.17, 15) is 0 Å². The third-order valence-electron chi connectivity index (χ3n) is 10.7. The van der Waals surface area contributed by atoms with Gasteiger partial charge in [-0.05, 0) is 70.0 Å². The molecular weight excluding hydrogens is 661 g/mol. The van der Waals surface area contributed by atoms with E-state index in [1.54, 1.807) is 0 Å². The Morgan fingerprint density at radius 2 is 1.65 bits per heavy atom. The molecule has 5 heteroatoms. The highest BCUT2D eigenvalue weighted by atomic mass is 16.3. The van der Waals surface area contributed by atoms with Crippen LogP contribution in [0.4, 0.5) is 5.69 Å². The van der Waals surface area contributed by atoms with Crippen molar-refractivity contribution in [1.82, 2.24) is 9.97 Å². The molecule has 9 rings (SSSR count). The van der Waals surface area contributed by atoms with Crippen LogP contribution in [0.25, 0.3) is 66.0 Å². The Bertz CT molecular complexity index is 2840. The number of allylic oxidation sites excluding steroid dienone is 6. The Hall–Kier alpha value is -6.59. The van der Waals surface area contributed by atoms with Crippen molar-refractivity contribution in [2.75, 3.05) is 19.4 Å². The number of hydrogen-bond donors (Lipinski definition) is 1. The molecule has 1 aliphatic carbocycles. The third kappa shape index (κ3) is 5.98. The van der Waals surface area contributed by atoms with Gasteiger partial charge in [0.25, 0.3) is 0 Å². The van der Waals surface area contributed by atoms with E-state index in [1.165, 1.54) is 22.3 Å². The average Bonchev–Trinajstić information content (AvgIpc) is 3.60. The smallest absolute Gasteiger partial charge is 0.143 e. The maximum atomic E-state index is 6.62. The van der Waals surface area contributed by atoms with Gasteiger partial charge in [-0.1, -0.05) is 122 Å². The zero-order valence-electron chi connectivity index (χ0n) is 30.6. The molecule has 2 unspecified atom stereocenters. The van der Waals surface area contributed by atoms with Crippen molar-refractivity contribution in [1.29, 1.82) is 0 Å². The first-order valence-corrected chi connectivity index (χ1v) is 18.6. The zero-order chi connectivity index (χ0) is 36.6. The van der Waals surface area contributed by atoms with Gasteiger partial charge >= 0.3 is 0 Å². The Morgan fingerprint density at radius 3 is 2.56 bits per heavy atom. The maximum absolute atomic E-state index is 6.62. The summed E-state index contributed by atoms with van der Waals surface area (Å²) in [6, 6.07) is 40.6. The summed E-state index contributed by atoms with van der Waals surface area (Å²) in [5, 5.41) is 7.87. The summed E-state index contributed by atoms with van der Waals surface area (Å²) < 4.78 is 6.62. The Balaban J connectivity index is 1.10. The maximum Gasteiger partial charge on any atom is 0.143 e. The molecule has 0 bridgehead atoms. The molecule has 3 heterocycles. The standard InChI is InChI=1S/C49H40N4O/c1-31-17-18-35(39-23-25-53-48-41(39)21-19-33-12-9-24-52-47(33)48)28-37(31)29-38(30-50-2)34-11-8-10-32(26-34)27-36-20-22-42-40-13-5-7-16-45(40)54-49(42)46(36)43-14-4-6-15-44(43)51-3/h4-26,28-31,37,51H,27H2,1-3H3/b38-29+,50-30?. The lowest BCUT2D eigenvalue weighted by molar-refractivity contribution is 0.609. The van der Waals surface area contributed by atoms with Crippen molar-refractivity contribution in [2.45, 2.75) is 13.3 Å². The quantitative estimate of drug-likeness (QED) is 0.127. The molecular formula is C49H40N4O. The van der Waals surface area contributed by atoms with Crippen LogP contribution < -0.4 is 5.32 Å². The van der Waals surface area contributed by atoms with Crippen LogP contribution in [-0.4, -0.2) is 30.3 Å². The number of nitrogens with one attached hydrogen (secondary N) is 1. The largest absolute Gasteiger partial charge is 0.455 e. The van der Waals surface area contributed by atoms with E-state index in [1.807, 2.05) is 44.8 Å². The second-order valence-corrected chi connectivity index (χ2v) is 14.1. The molecule has 2 atom stereocenters. The van der Waals surface area contributed by atoms with E-state index in [0.717, 1.165) is 78.1 Å². The molecule has 1 N–H and O–H groups in total. The summed E-state index contributed by atoms with van der Waals surface area (Å²) in [6.45, 7) is 2.28. The van der Waals surface area contributed by atoms with Crippen molar-refractivity contribution in [3.05, 3.63) is 174 Å². The van der Waals surface area contributed by atoms with E-state index >= 15 is 0 Å². The van der Waals surface area contributed by atoms with Crippen LogP contribution in [0.3, 0.4) is 0 Å². The number of furan rings is 1. The van der Waals surface area contributed by atoms with Crippen molar-refractivity contribution < 1.29 is 4.42 Å². The van der Waals surface area contributed by atoms with Crippen molar-refractivity contribution in [3.63, 3.8) is 0 Å². The first-order chi connectivity index (χ1) is 26.6. The lowest BCUT2D eigenvalue weighted by atomic mass is 9.82. The van der Waals surface area contributed by atoms with Crippen LogP contribution in [0.2, 0.25) is 0 Å². The van der Waals surface area contributed by atoms with Gasteiger partial charge in [0, 0.05) is 77.0 Å². The fourth-order valence-electron chi connectivity index (χ4n) is 8.02. The second-order valence-electron chi connectivity index (χ2n) is 14.1. The number of nitrogens with zero attached hydrogens (tertiary/aromatic N) is 3. The number of fused-ring (bicyclic) bond motifs is 6. The van der Waals surface area contributed by atoms with Gasteiger partial charge in [-0.2, -0.15) is 0 Å². The predicted molar refractivity (Wildman–Crippen MR) is 227 cm³/mol. The van der Waals surface area contributed by atoms with E-state index in [0.29, 0.717) is 5.92 Å². The highest BCUT2D eigenvalue weighted by Crippen LogP contribution is 2.42. The van der Waals surface area contributed by atoms with Gasteiger partial charge in [-0.25, -0.2) is 0 Å². The molecule has 0 amide bonds. The van der Waals surface area contributed by atoms with E-state index < -0.39 is 0 Å². The number of rotatable bonds is 8.